The molecule has 0 aromatic heterocycles. The third-order valence-electron chi connectivity index (χ3n) is 3.11. The Morgan fingerprint density at radius 2 is 1.59 bits per heavy atom. The van der Waals surface area contributed by atoms with Crippen LogP contribution in [0.2, 0.25) is 0 Å². The van der Waals surface area contributed by atoms with Crippen molar-refractivity contribution in [3.8, 4) is 0 Å². The Kier molecular flexibility index (Phi) is 4.04. The summed E-state index contributed by atoms with van der Waals surface area (Å²) in [6.07, 6.45) is -0.0621. The molecular weight excluding hydrogens is 242 g/mol. The summed E-state index contributed by atoms with van der Waals surface area (Å²) in [6.45, 7) is 7.31. The van der Waals surface area contributed by atoms with Crippen molar-refractivity contribution in [2.24, 2.45) is 0 Å². The average Bonchev–Trinajstić information content (AvgIpc) is 2.29. The van der Waals surface area contributed by atoms with E-state index in [4.69, 9.17) is 4.74 Å². The highest BCUT2D eigenvalue weighted by molar-refractivity contribution is 7.86. The molecule has 0 unspecified atom stereocenters. The Bertz CT molecular complexity index is 344. The largest absolute Gasteiger partial charge is 0.373 e. The van der Waals surface area contributed by atoms with E-state index >= 15 is 0 Å². The normalized spacial score (nSPS) is 33.8. The molecule has 6 nitrogen and oxygen atoms in total. The minimum Gasteiger partial charge on any atom is -0.373 e. The van der Waals surface area contributed by atoms with Gasteiger partial charge in [-0.2, -0.15) is 17.0 Å². The fourth-order valence-electron chi connectivity index (χ4n) is 2.36. The van der Waals surface area contributed by atoms with E-state index in [2.05, 4.69) is 5.32 Å². The first-order valence-corrected chi connectivity index (χ1v) is 7.51. The highest BCUT2D eigenvalue weighted by Gasteiger charge is 2.35. The summed E-state index contributed by atoms with van der Waals surface area (Å²) < 4.78 is 33.5. The van der Waals surface area contributed by atoms with Gasteiger partial charge in [-0.1, -0.05) is 0 Å². The van der Waals surface area contributed by atoms with Crippen LogP contribution in [0.3, 0.4) is 0 Å². The number of ether oxygens (including phenoxy) is 1. The molecule has 0 amide bonds. The molecule has 2 aliphatic heterocycles. The second kappa shape index (κ2) is 5.19. The van der Waals surface area contributed by atoms with E-state index in [1.807, 2.05) is 13.8 Å². The van der Waals surface area contributed by atoms with Gasteiger partial charge >= 0.3 is 0 Å². The van der Waals surface area contributed by atoms with Crippen molar-refractivity contribution in [1.29, 1.82) is 0 Å². The first kappa shape index (κ1) is 13.2. The summed E-state index contributed by atoms with van der Waals surface area (Å²) in [7, 11) is -3.30. The Labute approximate surface area is 103 Å². The lowest BCUT2D eigenvalue weighted by atomic mass is 10.3. The number of nitrogens with zero attached hydrogens (tertiary/aromatic N) is 2. The molecule has 0 radical (unpaired) electrons. The van der Waals surface area contributed by atoms with Crippen molar-refractivity contribution in [2.45, 2.75) is 26.1 Å². The van der Waals surface area contributed by atoms with Gasteiger partial charge < -0.3 is 10.1 Å². The van der Waals surface area contributed by atoms with E-state index in [0.717, 1.165) is 13.1 Å². The lowest BCUT2D eigenvalue weighted by Crippen LogP contribution is -2.56. The van der Waals surface area contributed by atoms with Crippen molar-refractivity contribution in [1.82, 2.24) is 13.9 Å². The molecule has 2 heterocycles. The van der Waals surface area contributed by atoms with Crippen LogP contribution in [0.25, 0.3) is 0 Å². The van der Waals surface area contributed by atoms with Crippen LogP contribution in [0.5, 0.6) is 0 Å². The fraction of sp³-hybridized carbons (Fsp3) is 1.00. The zero-order valence-electron chi connectivity index (χ0n) is 10.4. The second-order valence-electron chi connectivity index (χ2n) is 4.73. The predicted molar refractivity (Wildman–Crippen MR) is 64.9 cm³/mol. The quantitative estimate of drug-likeness (QED) is 0.712. The van der Waals surface area contributed by atoms with Gasteiger partial charge in [0.05, 0.1) is 12.2 Å². The molecule has 0 aliphatic carbocycles. The molecule has 0 aromatic rings. The molecule has 0 aromatic carbocycles. The van der Waals surface area contributed by atoms with Crippen LogP contribution >= 0.6 is 0 Å². The monoisotopic (exact) mass is 263 g/mol. The molecule has 0 spiro atoms. The highest BCUT2D eigenvalue weighted by atomic mass is 32.2. The van der Waals surface area contributed by atoms with Crippen LogP contribution in [0, 0.1) is 0 Å². The highest BCUT2D eigenvalue weighted by Crippen LogP contribution is 2.17. The lowest BCUT2D eigenvalue weighted by molar-refractivity contribution is -0.0455. The Morgan fingerprint density at radius 3 is 2.12 bits per heavy atom. The van der Waals surface area contributed by atoms with Gasteiger partial charge in [0.1, 0.15) is 0 Å². The van der Waals surface area contributed by atoms with Gasteiger partial charge in [-0.05, 0) is 13.8 Å². The van der Waals surface area contributed by atoms with Gasteiger partial charge in [0.2, 0.25) is 0 Å². The summed E-state index contributed by atoms with van der Waals surface area (Å²) in [5, 5.41) is 3.16. The fourth-order valence-corrected chi connectivity index (χ4v) is 4.12. The number of rotatable bonds is 2. The lowest BCUT2D eigenvalue weighted by Gasteiger charge is -2.38. The van der Waals surface area contributed by atoms with E-state index in [0.29, 0.717) is 26.2 Å². The summed E-state index contributed by atoms with van der Waals surface area (Å²) in [4.78, 5) is 0. The van der Waals surface area contributed by atoms with Crippen LogP contribution in [0.4, 0.5) is 0 Å². The molecule has 100 valence electrons. The third-order valence-corrected chi connectivity index (χ3v) is 5.08. The second-order valence-corrected chi connectivity index (χ2v) is 6.66. The number of hydrogen-bond acceptors (Lipinski definition) is 4. The maximum absolute atomic E-state index is 12.4. The van der Waals surface area contributed by atoms with Crippen LogP contribution in [-0.2, 0) is 14.9 Å². The zero-order valence-corrected chi connectivity index (χ0v) is 11.2. The number of piperazine rings is 1. The van der Waals surface area contributed by atoms with Crippen molar-refractivity contribution < 1.29 is 13.2 Å². The first-order valence-electron chi connectivity index (χ1n) is 6.11. The third kappa shape index (κ3) is 2.97. The van der Waals surface area contributed by atoms with Crippen LogP contribution < -0.4 is 5.32 Å². The minimum atomic E-state index is -3.30. The molecule has 1 N–H and O–H groups in total. The average molecular weight is 263 g/mol. The molecular formula is C10H21N3O3S. The number of nitrogens with one attached hydrogen (secondary N) is 1. The van der Waals surface area contributed by atoms with Gasteiger partial charge in [0.15, 0.2) is 0 Å². The molecule has 2 aliphatic rings. The van der Waals surface area contributed by atoms with Gasteiger partial charge in [0, 0.05) is 39.3 Å². The van der Waals surface area contributed by atoms with Gasteiger partial charge in [-0.25, -0.2) is 0 Å². The van der Waals surface area contributed by atoms with E-state index in [-0.39, 0.29) is 12.2 Å². The van der Waals surface area contributed by atoms with E-state index in [1.54, 1.807) is 8.61 Å². The van der Waals surface area contributed by atoms with E-state index in [9.17, 15) is 8.42 Å². The van der Waals surface area contributed by atoms with Crippen LogP contribution in [-0.4, -0.2) is 68.5 Å². The van der Waals surface area contributed by atoms with Crippen LogP contribution in [0.1, 0.15) is 13.8 Å². The standard InChI is InChI=1S/C10H21N3O3S/c1-9-7-13(8-10(2)16-9)17(14,15)12-5-3-11-4-6-12/h9-11H,3-8H2,1-2H3/t9-,10+. The summed E-state index contributed by atoms with van der Waals surface area (Å²) in [6, 6.07) is 0. The van der Waals surface area contributed by atoms with Gasteiger partial charge in [-0.15, -0.1) is 0 Å². The zero-order chi connectivity index (χ0) is 12.5. The maximum atomic E-state index is 12.4. The van der Waals surface area contributed by atoms with Crippen LogP contribution in [0.15, 0.2) is 0 Å². The molecule has 7 heteroatoms. The summed E-state index contributed by atoms with van der Waals surface area (Å²) in [5.74, 6) is 0. The Morgan fingerprint density at radius 1 is 1.06 bits per heavy atom. The minimum absolute atomic E-state index is 0.0311. The van der Waals surface area contributed by atoms with Crippen molar-refractivity contribution in [3.63, 3.8) is 0 Å². The molecule has 2 fully saturated rings. The van der Waals surface area contributed by atoms with Gasteiger partial charge in [-0.3, -0.25) is 0 Å². The van der Waals surface area contributed by atoms with E-state index < -0.39 is 10.2 Å². The molecule has 2 rings (SSSR count). The number of hydrogen-bond donors (Lipinski definition) is 1. The molecule has 0 saturated carbocycles. The Hall–Kier alpha value is -0.210. The van der Waals surface area contributed by atoms with E-state index in [1.165, 1.54) is 0 Å². The van der Waals surface area contributed by atoms with Crippen molar-refractivity contribution in [3.05, 3.63) is 0 Å². The number of morpholine rings is 1. The molecule has 2 atom stereocenters. The van der Waals surface area contributed by atoms with Crippen molar-refractivity contribution in [2.75, 3.05) is 39.3 Å². The summed E-state index contributed by atoms with van der Waals surface area (Å²) >= 11 is 0. The molecule has 2 saturated heterocycles. The predicted octanol–water partition coefficient (Wildman–Crippen LogP) is -0.754. The first-order chi connectivity index (χ1) is 8.00. The topological polar surface area (TPSA) is 61.9 Å². The molecule has 17 heavy (non-hydrogen) atoms. The SMILES string of the molecule is C[C@@H]1CN(S(=O)(=O)N2CCNCC2)C[C@H](C)O1. The molecule has 0 bridgehead atoms. The Balaban J connectivity index is 2.08. The summed E-state index contributed by atoms with van der Waals surface area (Å²) in [5.41, 5.74) is 0. The smallest absolute Gasteiger partial charge is 0.282 e. The van der Waals surface area contributed by atoms with Gasteiger partial charge in [0.25, 0.3) is 10.2 Å². The maximum Gasteiger partial charge on any atom is 0.282 e. The van der Waals surface area contributed by atoms with Crippen molar-refractivity contribution >= 4 is 10.2 Å².